The maximum Gasteiger partial charge on any atom is 0.436 e. The zero-order valence-corrected chi connectivity index (χ0v) is 15.9. The maximum absolute atomic E-state index is 12.9. The lowest BCUT2D eigenvalue weighted by Crippen LogP contribution is -2.37. The summed E-state index contributed by atoms with van der Waals surface area (Å²) < 4.78 is 40.4. The molecule has 0 fully saturated rings. The molecule has 0 atom stereocenters. The van der Waals surface area contributed by atoms with Crippen LogP contribution in [0.3, 0.4) is 0 Å². The first kappa shape index (κ1) is 19.4. The van der Waals surface area contributed by atoms with Gasteiger partial charge in [-0.3, -0.25) is 19.7 Å². The summed E-state index contributed by atoms with van der Waals surface area (Å²) in [7, 11) is 0. The smallest absolute Gasteiger partial charge is 0.271 e. The van der Waals surface area contributed by atoms with Gasteiger partial charge >= 0.3 is 6.18 Å². The number of amides is 1. The van der Waals surface area contributed by atoms with Crippen LogP contribution in [0.4, 0.5) is 13.2 Å². The van der Waals surface area contributed by atoms with Gasteiger partial charge in [0.2, 0.25) is 0 Å². The molecule has 3 heterocycles. The van der Waals surface area contributed by atoms with E-state index < -0.39 is 34.9 Å². The number of thiophene rings is 1. The third-order valence-corrected chi connectivity index (χ3v) is 5.18. The predicted molar refractivity (Wildman–Crippen MR) is 94.7 cm³/mol. The molecule has 3 aromatic rings. The zero-order valence-electron chi connectivity index (χ0n) is 14.3. The molecule has 3 aromatic heterocycles. The van der Waals surface area contributed by atoms with Crippen LogP contribution in [-0.2, 0) is 17.5 Å². The minimum Gasteiger partial charge on any atom is -0.271 e. The van der Waals surface area contributed by atoms with E-state index in [0.717, 1.165) is 14.2 Å². The molecule has 0 aliphatic heterocycles. The predicted octanol–water partition coefficient (Wildman–Crippen LogP) is 3.02. The van der Waals surface area contributed by atoms with E-state index in [-0.39, 0.29) is 11.5 Å². The van der Waals surface area contributed by atoms with E-state index in [1.165, 1.54) is 25.2 Å². The number of hydrogen-bond donors (Lipinski definition) is 1. The molecular weight excluding hydrogens is 407 g/mol. The molecule has 1 amide bonds. The zero-order chi connectivity index (χ0) is 20.1. The van der Waals surface area contributed by atoms with E-state index in [1.54, 1.807) is 6.07 Å². The normalized spacial score (nSPS) is 12.0. The van der Waals surface area contributed by atoms with Crippen LogP contribution in [0.25, 0.3) is 10.2 Å². The van der Waals surface area contributed by atoms with Crippen LogP contribution in [0.2, 0.25) is 5.02 Å². The van der Waals surface area contributed by atoms with Crippen LogP contribution in [0.5, 0.6) is 0 Å². The lowest BCUT2D eigenvalue weighted by molar-refractivity contribution is -0.141. The Kier molecular flexibility index (Phi) is 4.76. The molecule has 0 saturated heterocycles. The summed E-state index contributed by atoms with van der Waals surface area (Å²) >= 11 is 7.01. The highest BCUT2D eigenvalue weighted by atomic mass is 35.5. The fourth-order valence-electron chi connectivity index (χ4n) is 2.49. The highest BCUT2D eigenvalue weighted by Crippen LogP contribution is 2.35. The van der Waals surface area contributed by atoms with Crippen molar-refractivity contribution in [3.63, 3.8) is 0 Å². The first-order chi connectivity index (χ1) is 12.5. The van der Waals surface area contributed by atoms with Crippen molar-refractivity contribution in [1.29, 1.82) is 0 Å². The Morgan fingerprint density at radius 1 is 1.33 bits per heavy atom. The largest absolute Gasteiger partial charge is 0.436 e. The van der Waals surface area contributed by atoms with Gasteiger partial charge in [0.05, 0.1) is 16.1 Å². The summed E-state index contributed by atoms with van der Waals surface area (Å²) in [6.45, 7) is 4.13. The van der Waals surface area contributed by atoms with Crippen molar-refractivity contribution >= 4 is 39.1 Å². The molecule has 7 nitrogen and oxygen atoms in total. The lowest BCUT2D eigenvalue weighted by atomic mass is 10.3. The monoisotopic (exact) mass is 419 g/mol. The van der Waals surface area contributed by atoms with Crippen molar-refractivity contribution in [3.8, 4) is 0 Å². The van der Waals surface area contributed by atoms with Crippen LogP contribution in [0.15, 0.2) is 10.9 Å². The standard InChI is InChI=1S/C15H13ClF3N5O2S/c1-6-4-9-13(27-6)20-8(3)24(14(9)26)21-10(25)5-23-7(2)11(16)12(22-23)15(17,18)19/h4H,5H2,1-3H3,(H,21,25). The number of carbonyl (C=O) groups excluding carboxylic acids is 1. The van der Waals surface area contributed by atoms with Gasteiger partial charge in [-0.1, -0.05) is 11.6 Å². The number of carbonyl (C=O) groups is 1. The highest BCUT2D eigenvalue weighted by molar-refractivity contribution is 7.18. The van der Waals surface area contributed by atoms with Gasteiger partial charge in [0.15, 0.2) is 5.69 Å². The van der Waals surface area contributed by atoms with Crippen LogP contribution in [0.1, 0.15) is 22.1 Å². The molecule has 0 radical (unpaired) electrons. The Labute approximate surface area is 159 Å². The summed E-state index contributed by atoms with van der Waals surface area (Å²) in [5.74, 6) is -0.502. The van der Waals surface area contributed by atoms with E-state index in [1.807, 2.05) is 6.92 Å². The number of fused-ring (bicyclic) bond motifs is 1. The maximum atomic E-state index is 12.9. The second-order valence-electron chi connectivity index (χ2n) is 5.81. The van der Waals surface area contributed by atoms with Crippen LogP contribution < -0.4 is 11.0 Å². The molecule has 0 saturated carbocycles. The summed E-state index contributed by atoms with van der Waals surface area (Å²) in [5.41, 5.74) is 0.601. The minimum atomic E-state index is -4.73. The van der Waals surface area contributed by atoms with Gasteiger partial charge in [-0.05, 0) is 26.8 Å². The van der Waals surface area contributed by atoms with Crippen molar-refractivity contribution in [1.82, 2.24) is 19.4 Å². The van der Waals surface area contributed by atoms with Crippen molar-refractivity contribution in [2.75, 3.05) is 5.43 Å². The highest BCUT2D eigenvalue weighted by Gasteiger charge is 2.38. The number of nitrogens with one attached hydrogen (secondary N) is 1. The average Bonchev–Trinajstić information content (AvgIpc) is 3.05. The lowest BCUT2D eigenvalue weighted by Gasteiger charge is -2.11. The van der Waals surface area contributed by atoms with Gasteiger partial charge in [-0.2, -0.15) is 18.3 Å². The van der Waals surface area contributed by atoms with E-state index in [2.05, 4.69) is 15.5 Å². The van der Waals surface area contributed by atoms with Gasteiger partial charge in [0, 0.05) is 4.88 Å². The molecule has 1 N–H and O–H groups in total. The van der Waals surface area contributed by atoms with Crippen LogP contribution in [0, 0.1) is 20.8 Å². The number of aromatic nitrogens is 4. The summed E-state index contributed by atoms with van der Waals surface area (Å²) in [5, 5.41) is 3.14. The summed E-state index contributed by atoms with van der Waals surface area (Å²) in [6, 6.07) is 1.66. The quantitative estimate of drug-likeness (QED) is 0.707. The van der Waals surface area contributed by atoms with Crippen LogP contribution in [-0.4, -0.2) is 25.3 Å². The van der Waals surface area contributed by atoms with Crippen molar-refractivity contribution < 1.29 is 18.0 Å². The fraction of sp³-hybridized carbons (Fsp3) is 0.333. The van der Waals surface area contributed by atoms with Crippen molar-refractivity contribution in [3.05, 3.63) is 43.5 Å². The second-order valence-corrected chi connectivity index (χ2v) is 7.43. The van der Waals surface area contributed by atoms with Crippen LogP contribution >= 0.6 is 22.9 Å². The van der Waals surface area contributed by atoms with Gasteiger partial charge < -0.3 is 0 Å². The third kappa shape index (κ3) is 3.56. The Bertz CT molecular complexity index is 1120. The molecule has 27 heavy (non-hydrogen) atoms. The Hall–Kier alpha value is -2.40. The van der Waals surface area contributed by atoms with Gasteiger partial charge in [-0.25, -0.2) is 9.66 Å². The number of nitrogens with zero attached hydrogens (tertiary/aromatic N) is 4. The Morgan fingerprint density at radius 3 is 2.59 bits per heavy atom. The SMILES string of the molecule is Cc1cc2c(=O)n(NC(=O)Cn3nc(C(F)(F)F)c(Cl)c3C)c(C)nc2s1. The van der Waals surface area contributed by atoms with Crippen molar-refractivity contribution in [2.45, 2.75) is 33.5 Å². The van der Waals surface area contributed by atoms with Gasteiger partial charge in [0.25, 0.3) is 11.5 Å². The molecule has 0 aromatic carbocycles. The fourth-order valence-corrected chi connectivity index (χ4v) is 3.65. The molecule has 0 aliphatic rings. The van der Waals surface area contributed by atoms with Crippen molar-refractivity contribution in [2.24, 2.45) is 0 Å². The van der Waals surface area contributed by atoms with E-state index in [9.17, 15) is 22.8 Å². The second kappa shape index (κ2) is 6.64. The topological polar surface area (TPSA) is 81.8 Å². The van der Waals surface area contributed by atoms with Gasteiger partial charge in [0.1, 0.15) is 17.2 Å². The minimum absolute atomic E-state index is 0.00903. The summed E-state index contributed by atoms with van der Waals surface area (Å²) in [4.78, 5) is 30.5. The first-order valence-electron chi connectivity index (χ1n) is 7.58. The Balaban J connectivity index is 1.89. The molecule has 0 unspecified atom stereocenters. The number of alkyl halides is 3. The average molecular weight is 420 g/mol. The summed E-state index contributed by atoms with van der Waals surface area (Å²) in [6.07, 6.45) is -4.73. The number of rotatable bonds is 3. The number of hydrogen-bond acceptors (Lipinski definition) is 5. The van der Waals surface area contributed by atoms with Gasteiger partial charge in [-0.15, -0.1) is 11.3 Å². The van der Waals surface area contributed by atoms with E-state index >= 15 is 0 Å². The van der Waals surface area contributed by atoms with E-state index in [0.29, 0.717) is 10.2 Å². The molecule has 144 valence electrons. The number of halogens is 4. The molecule has 0 aliphatic carbocycles. The van der Waals surface area contributed by atoms with E-state index in [4.69, 9.17) is 11.6 Å². The number of aryl methyl sites for hydroxylation is 2. The third-order valence-electron chi connectivity index (χ3n) is 3.79. The molecule has 3 rings (SSSR count). The molecule has 0 spiro atoms. The Morgan fingerprint density at radius 2 is 2.00 bits per heavy atom. The first-order valence-corrected chi connectivity index (χ1v) is 8.78. The molecule has 0 bridgehead atoms. The molecule has 12 heteroatoms. The molecular formula is C15H13ClF3N5O2S.